The number of nitrogens with zero attached hydrogens (tertiary/aromatic N) is 3. The summed E-state index contributed by atoms with van der Waals surface area (Å²) >= 11 is 3.69. The lowest BCUT2D eigenvalue weighted by atomic mass is 9.75. The molecule has 2 heterocycles. The molecular formula is C25H30BrN5O. The molecule has 6 nitrogen and oxygen atoms in total. The van der Waals surface area contributed by atoms with Crippen LogP contribution >= 0.6 is 15.9 Å². The molecular weight excluding hydrogens is 466 g/mol. The van der Waals surface area contributed by atoms with Crippen molar-refractivity contribution in [2.24, 2.45) is 5.92 Å². The highest BCUT2D eigenvalue weighted by Gasteiger charge is 2.51. The Morgan fingerprint density at radius 3 is 2.69 bits per heavy atom. The zero-order chi connectivity index (χ0) is 21.7. The van der Waals surface area contributed by atoms with Gasteiger partial charge in [0.1, 0.15) is 11.6 Å². The average Bonchev–Trinajstić information content (AvgIpc) is 3.25. The predicted molar refractivity (Wildman–Crippen MR) is 129 cm³/mol. The lowest BCUT2D eigenvalue weighted by molar-refractivity contribution is 0.282. The molecule has 2 fully saturated rings. The zero-order valence-corrected chi connectivity index (χ0v) is 20.1. The molecule has 168 valence electrons. The summed E-state index contributed by atoms with van der Waals surface area (Å²) in [5, 5.41) is 12.2. The summed E-state index contributed by atoms with van der Waals surface area (Å²) in [5.74, 6) is 2.60. The highest BCUT2D eigenvalue weighted by atomic mass is 79.9. The number of halogens is 1. The molecule has 0 aliphatic heterocycles. The van der Waals surface area contributed by atoms with Gasteiger partial charge < -0.3 is 15.4 Å². The van der Waals surface area contributed by atoms with E-state index in [0.29, 0.717) is 5.92 Å². The van der Waals surface area contributed by atoms with E-state index in [4.69, 9.17) is 9.72 Å². The lowest BCUT2D eigenvalue weighted by Gasteiger charge is -2.31. The van der Waals surface area contributed by atoms with Crippen LogP contribution in [0.1, 0.15) is 55.3 Å². The second kappa shape index (κ2) is 8.03. The molecule has 1 spiro atoms. The van der Waals surface area contributed by atoms with Gasteiger partial charge in [-0.05, 0) is 78.2 Å². The second-order valence-corrected chi connectivity index (χ2v) is 10.5. The summed E-state index contributed by atoms with van der Waals surface area (Å²) in [6.45, 7) is 1.84. The normalized spacial score (nSPS) is 21.4. The number of benzene rings is 1. The summed E-state index contributed by atoms with van der Waals surface area (Å²) in [6.07, 6.45) is 10.7. The molecule has 1 aromatic carbocycles. The average molecular weight is 496 g/mol. The van der Waals surface area contributed by atoms with Crippen LogP contribution in [0.2, 0.25) is 0 Å². The van der Waals surface area contributed by atoms with E-state index in [-0.39, 0.29) is 5.41 Å². The number of hydrogen-bond acceptors (Lipinski definition) is 5. The largest absolute Gasteiger partial charge is 0.497 e. The molecule has 1 atom stereocenters. The molecule has 2 aromatic heterocycles. The number of ether oxygens (including phenoxy) is 1. The fraction of sp³-hybridized carbons (Fsp3) is 0.520. The Hall–Kier alpha value is -2.12. The number of aromatic nitrogens is 3. The van der Waals surface area contributed by atoms with Crippen molar-refractivity contribution in [1.82, 2.24) is 19.9 Å². The first kappa shape index (κ1) is 20.5. The van der Waals surface area contributed by atoms with Gasteiger partial charge >= 0.3 is 0 Å². The molecule has 3 aliphatic carbocycles. The first-order valence-electron chi connectivity index (χ1n) is 11.8. The van der Waals surface area contributed by atoms with E-state index in [1.54, 1.807) is 7.11 Å². The molecule has 32 heavy (non-hydrogen) atoms. The maximum absolute atomic E-state index is 5.31. The van der Waals surface area contributed by atoms with Crippen LogP contribution in [-0.4, -0.2) is 34.3 Å². The second-order valence-electron chi connectivity index (χ2n) is 9.66. The Morgan fingerprint density at radius 2 is 1.97 bits per heavy atom. The third-order valence-electron chi connectivity index (χ3n) is 7.75. The van der Waals surface area contributed by atoms with E-state index < -0.39 is 0 Å². The Morgan fingerprint density at radius 1 is 1.19 bits per heavy atom. The lowest BCUT2D eigenvalue weighted by Crippen LogP contribution is -2.37. The number of nitrogens with one attached hydrogen (secondary N) is 2. The monoisotopic (exact) mass is 495 g/mol. The van der Waals surface area contributed by atoms with Crippen LogP contribution in [0, 0.1) is 5.92 Å². The van der Waals surface area contributed by atoms with E-state index in [1.165, 1.54) is 55.3 Å². The predicted octanol–water partition coefficient (Wildman–Crippen LogP) is 4.85. The number of hydrogen-bond donors (Lipinski definition) is 2. The van der Waals surface area contributed by atoms with Gasteiger partial charge in [-0.25, -0.2) is 4.98 Å². The standard InChI is InChI=1S/C25H30BrN5O/c1-32-19-8-4-16(5-9-19)13-28-23-20-12-17(14-27-18-6-7-18)25(10-2-3-11-25)22(20)30-24-21(26)15-29-31(23)24/h4-5,8-9,15,17-18,27-28H,2-3,6-7,10-14H2,1H3. The van der Waals surface area contributed by atoms with Crippen molar-refractivity contribution < 1.29 is 4.74 Å². The van der Waals surface area contributed by atoms with Crippen molar-refractivity contribution in [3.63, 3.8) is 0 Å². The van der Waals surface area contributed by atoms with Crippen molar-refractivity contribution >= 4 is 27.4 Å². The minimum atomic E-state index is 0.208. The topological polar surface area (TPSA) is 63.5 Å². The summed E-state index contributed by atoms with van der Waals surface area (Å²) in [7, 11) is 1.70. The van der Waals surface area contributed by atoms with Crippen molar-refractivity contribution in [3.8, 4) is 5.75 Å². The van der Waals surface area contributed by atoms with Gasteiger partial charge in [0.05, 0.1) is 23.5 Å². The molecule has 0 saturated heterocycles. The zero-order valence-electron chi connectivity index (χ0n) is 18.5. The summed E-state index contributed by atoms with van der Waals surface area (Å²) in [5.41, 5.74) is 5.04. The van der Waals surface area contributed by atoms with E-state index in [1.807, 2.05) is 22.8 Å². The van der Waals surface area contributed by atoms with Crippen LogP contribution in [-0.2, 0) is 18.4 Å². The van der Waals surface area contributed by atoms with Crippen molar-refractivity contribution in [3.05, 3.63) is 51.8 Å². The fourth-order valence-electron chi connectivity index (χ4n) is 5.87. The summed E-state index contributed by atoms with van der Waals surface area (Å²) in [4.78, 5) is 5.25. The maximum atomic E-state index is 5.31. The van der Waals surface area contributed by atoms with Gasteiger partial charge in [0.25, 0.3) is 0 Å². The first-order chi connectivity index (χ1) is 15.7. The Labute approximate surface area is 197 Å². The molecule has 1 unspecified atom stereocenters. The van der Waals surface area contributed by atoms with Crippen molar-refractivity contribution in [1.29, 1.82) is 0 Å². The molecule has 3 aliphatic rings. The molecule has 3 aromatic rings. The third kappa shape index (κ3) is 3.41. The molecule has 2 saturated carbocycles. The van der Waals surface area contributed by atoms with Gasteiger partial charge in [-0.15, -0.1) is 0 Å². The first-order valence-corrected chi connectivity index (χ1v) is 12.6. The molecule has 0 amide bonds. The van der Waals surface area contributed by atoms with Crippen LogP contribution in [0.4, 0.5) is 5.82 Å². The van der Waals surface area contributed by atoms with Crippen LogP contribution in [0.5, 0.6) is 5.75 Å². The number of methoxy groups -OCH3 is 1. The minimum absolute atomic E-state index is 0.208. The minimum Gasteiger partial charge on any atom is -0.497 e. The van der Waals surface area contributed by atoms with E-state index >= 15 is 0 Å². The molecule has 6 rings (SSSR count). The molecule has 0 bridgehead atoms. The van der Waals surface area contributed by atoms with E-state index in [0.717, 1.165) is 47.2 Å². The fourth-order valence-corrected chi connectivity index (χ4v) is 6.21. The van der Waals surface area contributed by atoms with Crippen molar-refractivity contribution in [2.75, 3.05) is 19.0 Å². The maximum Gasteiger partial charge on any atom is 0.171 e. The van der Waals surface area contributed by atoms with Gasteiger partial charge in [0.2, 0.25) is 0 Å². The Kier molecular flexibility index (Phi) is 5.14. The summed E-state index contributed by atoms with van der Waals surface area (Å²) in [6, 6.07) is 9.00. The number of fused-ring (bicyclic) bond motifs is 3. The Bertz CT molecular complexity index is 1130. The summed E-state index contributed by atoms with van der Waals surface area (Å²) < 4.78 is 8.26. The molecule has 0 radical (unpaired) electrons. The van der Waals surface area contributed by atoms with Crippen LogP contribution in [0.15, 0.2) is 34.9 Å². The van der Waals surface area contributed by atoms with Crippen molar-refractivity contribution in [2.45, 2.75) is 62.9 Å². The van der Waals surface area contributed by atoms with Gasteiger partial charge in [-0.1, -0.05) is 25.0 Å². The quantitative estimate of drug-likeness (QED) is 0.490. The molecule has 7 heteroatoms. The molecule has 2 N–H and O–H groups in total. The highest BCUT2D eigenvalue weighted by molar-refractivity contribution is 9.10. The number of rotatable bonds is 7. The van der Waals surface area contributed by atoms with Crippen LogP contribution < -0.4 is 15.4 Å². The van der Waals surface area contributed by atoms with Gasteiger partial charge in [-0.3, -0.25) is 0 Å². The van der Waals surface area contributed by atoms with E-state index in [9.17, 15) is 0 Å². The van der Waals surface area contributed by atoms with Crippen LogP contribution in [0.25, 0.3) is 5.65 Å². The van der Waals surface area contributed by atoms with Gasteiger partial charge in [-0.2, -0.15) is 9.61 Å². The van der Waals surface area contributed by atoms with Gasteiger partial charge in [0, 0.05) is 23.6 Å². The SMILES string of the molecule is COc1ccc(CNc2c3c(nc4c(Br)cnn24)C2(CCCC2)C(CNC2CC2)C3)cc1. The number of anilines is 1. The van der Waals surface area contributed by atoms with Gasteiger partial charge in [0.15, 0.2) is 5.65 Å². The Balaban J connectivity index is 1.38. The smallest absolute Gasteiger partial charge is 0.171 e. The highest BCUT2D eigenvalue weighted by Crippen LogP contribution is 2.54. The van der Waals surface area contributed by atoms with E-state index in [2.05, 4.69) is 43.8 Å². The van der Waals surface area contributed by atoms with Crippen LogP contribution in [0.3, 0.4) is 0 Å². The third-order valence-corrected chi connectivity index (χ3v) is 8.31.